The van der Waals surface area contributed by atoms with Crippen molar-refractivity contribution in [2.75, 3.05) is 19.0 Å². The summed E-state index contributed by atoms with van der Waals surface area (Å²) in [5.41, 5.74) is 3.49. The summed E-state index contributed by atoms with van der Waals surface area (Å²) >= 11 is 11.2. The first-order valence-corrected chi connectivity index (χ1v) is 14.5. The third kappa shape index (κ3) is 6.50. The van der Waals surface area contributed by atoms with Gasteiger partial charge < -0.3 is 14.8 Å². The van der Waals surface area contributed by atoms with Crippen molar-refractivity contribution in [2.24, 2.45) is 16.3 Å². The van der Waals surface area contributed by atoms with Crippen molar-refractivity contribution in [3.63, 3.8) is 0 Å². The lowest BCUT2D eigenvalue weighted by molar-refractivity contribution is 0.102. The van der Waals surface area contributed by atoms with Gasteiger partial charge in [-0.25, -0.2) is 4.99 Å². The van der Waals surface area contributed by atoms with Crippen molar-refractivity contribution in [3.05, 3.63) is 80.1 Å². The van der Waals surface area contributed by atoms with Gasteiger partial charge in [-0.2, -0.15) is 0 Å². The number of rotatable bonds is 8. The van der Waals surface area contributed by atoms with Gasteiger partial charge in [-0.05, 0) is 94.1 Å². The molecule has 1 N–H and O–H groups in total. The molecule has 0 spiro atoms. The van der Waals surface area contributed by atoms with E-state index in [0.29, 0.717) is 45.3 Å². The maximum absolute atomic E-state index is 13.6. The average Bonchev–Trinajstić information content (AvgIpc) is 3.25. The normalized spacial score (nSPS) is 15.3. The predicted molar refractivity (Wildman–Crippen MR) is 162 cm³/mol. The number of carbonyl (C=O) groups excluding carboxylic acids is 1. The topological polar surface area (TPSA) is 59.9 Å². The molecule has 0 unspecified atom stereocenters. The number of amides is 1. The standard InChI is InChI=1S/C30H32BrClN2O3S/c1-6-13-37-27-23(31)14-18(15-24(27)36-5)17-33-29-26(28(35)34-21-10-8-20(32)9-11-21)22-12-7-19(30(2,3)4)16-25(22)38-29/h6,8-11,14-15,17,19H,1,7,12-13,16H2,2-5H3,(H,34,35)/t19-/m1/s1. The second-order valence-electron chi connectivity index (χ2n) is 10.3. The van der Waals surface area contributed by atoms with Crippen LogP contribution in [0.1, 0.15) is 53.6 Å². The van der Waals surface area contributed by atoms with Crippen molar-refractivity contribution >= 4 is 61.7 Å². The van der Waals surface area contributed by atoms with Crippen LogP contribution in [0.5, 0.6) is 11.5 Å². The molecule has 1 aromatic heterocycles. The lowest BCUT2D eigenvalue weighted by atomic mass is 9.72. The number of anilines is 1. The molecule has 38 heavy (non-hydrogen) atoms. The molecular formula is C30H32BrClN2O3S. The fraction of sp³-hybridized carbons (Fsp3) is 0.333. The van der Waals surface area contributed by atoms with Gasteiger partial charge in [0.25, 0.3) is 5.91 Å². The number of hydrogen-bond donors (Lipinski definition) is 1. The van der Waals surface area contributed by atoms with E-state index in [0.717, 1.165) is 34.9 Å². The summed E-state index contributed by atoms with van der Waals surface area (Å²) in [6.07, 6.45) is 6.31. The summed E-state index contributed by atoms with van der Waals surface area (Å²) in [6.45, 7) is 10.9. The second kappa shape index (κ2) is 12.1. The minimum Gasteiger partial charge on any atom is -0.493 e. The fourth-order valence-electron chi connectivity index (χ4n) is 4.59. The number of halogens is 2. The number of benzene rings is 2. The molecule has 1 aliphatic carbocycles. The van der Waals surface area contributed by atoms with Gasteiger partial charge in [0.15, 0.2) is 11.5 Å². The average molecular weight is 616 g/mol. The molecule has 0 fully saturated rings. The summed E-state index contributed by atoms with van der Waals surface area (Å²) in [7, 11) is 1.60. The summed E-state index contributed by atoms with van der Waals surface area (Å²) in [5.74, 6) is 1.59. The Kier molecular flexibility index (Phi) is 9.01. The van der Waals surface area contributed by atoms with Crippen LogP contribution in [0.2, 0.25) is 5.02 Å². The van der Waals surface area contributed by atoms with E-state index in [-0.39, 0.29) is 11.3 Å². The van der Waals surface area contributed by atoms with Gasteiger partial charge in [-0.3, -0.25) is 4.79 Å². The van der Waals surface area contributed by atoms with Crippen LogP contribution in [0.15, 0.2) is 58.5 Å². The van der Waals surface area contributed by atoms with Crippen LogP contribution in [-0.4, -0.2) is 25.8 Å². The van der Waals surface area contributed by atoms with Crippen molar-refractivity contribution in [1.29, 1.82) is 0 Å². The number of thiophene rings is 1. The maximum Gasteiger partial charge on any atom is 0.259 e. The number of hydrogen-bond acceptors (Lipinski definition) is 5. The Morgan fingerprint density at radius 2 is 2.03 bits per heavy atom. The van der Waals surface area contributed by atoms with Crippen LogP contribution in [0.25, 0.3) is 0 Å². The number of ether oxygens (including phenoxy) is 2. The molecule has 1 atom stereocenters. The molecular weight excluding hydrogens is 584 g/mol. The Hall–Kier alpha value is -2.61. The molecule has 0 aliphatic heterocycles. The number of fused-ring (bicyclic) bond motifs is 1. The van der Waals surface area contributed by atoms with E-state index in [2.05, 4.69) is 48.6 Å². The largest absolute Gasteiger partial charge is 0.493 e. The first-order chi connectivity index (χ1) is 18.1. The summed E-state index contributed by atoms with van der Waals surface area (Å²) in [5, 5.41) is 4.37. The third-order valence-corrected chi connectivity index (χ3v) is 8.73. The Labute approximate surface area is 242 Å². The zero-order valence-electron chi connectivity index (χ0n) is 22.1. The highest BCUT2D eigenvalue weighted by molar-refractivity contribution is 9.10. The van der Waals surface area contributed by atoms with E-state index in [1.807, 2.05) is 12.1 Å². The number of nitrogens with one attached hydrogen (secondary N) is 1. The number of carbonyl (C=O) groups is 1. The van der Waals surface area contributed by atoms with E-state index < -0.39 is 0 Å². The molecule has 1 aliphatic rings. The van der Waals surface area contributed by atoms with Crippen molar-refractivity contribution in [1.82, 2.24) is 0 Å². The first-order valence-electron chi connectivity index (χ1n) is 12.5. The molecule has 0 saturated heterocycles. The molecule has 0 radical (unpaired) electrons. The molecule has 2 aromatic carbocycles. The van der Waals surface area contributed by atoms with E-state index in [1.165, 1.54) is 4.88 Å². The zero-order chi connectivity index (χ0) is 27.4. The minimum atomic E-state index is -0.155. The SMILES string of the molecule is C=CCOc1c(Br)cc(C=Nc2sc3c(c2C(=O)Nc2ccc(Cl)cc2)CC[C@@H](C(C)(C)C)C3)cc1OC. The van der Waals surface area contributed by atoms with E-state index >= 15 is 0 Å². The molecule has 0 saturated carbocycles. The van der Waals surface area contributed by atoms with Gasteiger partial charge in [0.2, 0.25) is 0 Å². The summed E-state index contributed by atoms with van der Waals surface area (Å²) < 4.78 is 12.0. The highest BCUT2D eigenvalue weighted by Gasteiger charge is 2.33. The van der Waals surface area contributed by atoms with Gasteiger partial charge in [-0.15, -0.1) is 11.3 Å². The molecule has 200 valence electrons. The number of nitrogens with zero attached hydrogens (tertiary/aromatic N) is 1. The number of aliphatic imine (C=N–C) groups is 1. The Bertz CT molecular complexity index is 1360. The summed E-state index contributed by atoms with van der Waals surface area (Å²) in [4.78, 5) is 19.7. The smallest absolute Gasteiger partial charge is 0.259 e. The highest BCUT2D eigenvalue weighted by Crippen LogP contribution is 2.45. The van der Waals surface area contributed by atoms with Crippen molar-refractivity contribution in [3.8, 4) is 11.5 Å². The molecule has 5 nitrogen and oxygen atoms in total. The number of methoxy groups -OCH3 is 1. The van der Waals surface area contributed by atoms with Gasteiger partial charge in [0.1, 0.15) is 11.6 Å². The highest BCUT2D eigenvalue weighted by atomic mass is 79.9. The molecule has 3 aromatic rings. The predicted octanol–water partition coefficient (Wildman–Crippen LogP) is 8.89. The van der Waals surface area contributed by atoms with Crippen LogP contribution in [0, 0.1) is 11.3 Å². The zero-order valence-corrected chi connectivity index (χ0v) is 25.2. The second-order valence-corrected chi connectivity index (χ2v) is 12.7. The molecule has 4 rings (SSSR count). The van der Waals surface area contributed by atoms with E-state index in [4.69, 9.17) is 26.1 Å². The Morgan fingerprint density at radius 3 is 2.68 bits per heavy atom. The van der Waals surface area contributed by atoms with Crippen molar-refractivity contribution < 1.29 is 14.3 Å². The molecule has 1 amide bonds. The minimum absolute atomic E-state index is 0.155. The van der Waals surface area contributed by atoms with Crippen LogP contribution < -0.4 is 14.8 Å². The lowest BCUT2D eigenvalue weighted by Gasteiger charge is -2.33. The maximum atomic E-state index is 13.6. The summed E-state index contributed by atoms with van der Waals surface area (Å²) in [6, 6.07) is 10.9. The van der Waals surface area contributed by atoms with Gasteiger partial charge in [-0.1, -0.05) is 45.0 Å². The van der Waals surface area contributed by atoms with E-state index in [1.54, 1.807) is 55.0 Å². The molecule has 0 bridgehead atoms. The Balaban J connectivity index is 1.70. The van der Waals surface area contributed by atoms with Crippen LogP contribution >= 0.6 is 38.9 Å². The van der Waals surface area contributed by atoms with Gasteiger partial charge >= 0.3 is 0 Å². The fourth-order valence-corrected chi connectivity index (χ4v) is 6.56. The molecule has 8 heteroatoms. The van der Waals surface area contributed by atoms with Gasteiger partial charge in [0, 0.05) is 21.8 Å². The Morgan fingerprint density at radius 1 is 1.29 bits per heavy atom. The lowest BCUT2D eigenvalue weighted by Crippen LogP contribution is -2.27. The van der Waals surface area contributed by atoms with Crippen molar-refractivity contribution in [2.45, 2.75) is 40.0 Å². The van der Waals surface area contributed by atoms with Crippen LogP contribution in [-0.2, 0) is 12.8 Å². The van der Waals surface area contributed by atoms with E-state index in [9.17, 15) is 4.79 Å². The molecule has 1 heterocycles. The first kappa shape index (κ1) is 28.4. The van der Waals surface area contributed by atoms with Crippen LogP contribution in [0.3, 0.4) is 0 Å². The van der Waals surface area contributed by atoms with Gasteiger partial charge in [0.05, 0.1) is 17.1 Å². The van der Waals surface area contributed by atoms with Crippen LogP contribution in [0.4, 0.5) is 10.7 Å². The quantitative estimate of drug-likeness (QED) is 0.203. The monoisotopic (exact) mass is 614 g/mol. The third-order valence-electron chi connectivity index (χ3n) is 6.73.